The van der Waals surface area contributed by atoms with E-state index in [0.717, 1.165) is 0 Å². The lowest BCUT2D eigenvalue weighted by Crippen LogP contribution is -2.38. The lowest BCUT2D eigenvalue weighted by atomic mass is 10.8. The lowest BCUT2D eigenvalue weighted by Gasteiger charge is -2.13. The molecule has 0 bridgehead atoms. The third-order valence-electron chi connectivity index (χ3n) is 0.769. The first-order chi connectivity index (χ1) is 5.22. The molecule has 0 aromatic heterocycles. The molecule has 66 valence electrons. The Kier molecular flexibility index (Phi) is 5.44. The quantitative estimate of drug-likeness (QED) is 0.324. The van der Waals surface area contributed by atoms with Crippen LogP contribution in [-0.2, 0) is 9.57 Å². The molecule has 0 aromatic rings. The van der Waals surface area contributed by atoms with Crippen molar-refractivity contribution in [2.24, 2.45) is 5.84 Å². The number of ether oxygens (including phenoxy) is 1. The van der Waals surface area contributed by atoms with Gasteiger partial charge in [0, 0.05) is 0 Å². The summed E-state index contributed by atoms with van der Waals surface area (Å²) in [7, 11) is 0. The van der Waals surface area contributed by atoms with Gasteiger partial charge in [-0.15, -0.1) is 5.17 Å². The van der Waals surface area contributed by atoms with Gasteiger partial charge in [0.15, 0.2) is 0 Å². The lowest BCUT2D eigenvalue weighted by molar-refractivity contribution is -0.145. The van der Waals surface area contributed by atoms with Crippen LogP contribution in [0.4, 0.5) is 4.79 Å². The summed E-state index contributed by atoms with van der Waals surface area (Å²) >= 11 is 0. The Balaban J connectivity index is 3.46. The molecule has 0 radical (unpaired) electrons. The number of carbonyl (C=O) groups excluding carboxylic acids is 1. The molecule has 0 aromatic carbocycles. The van der Waals surface area contributed by atoms with Gasteiger partial charge in [-0.2, -0.15) is 0 Å². The van der Waals surface area contributed by atoms with Crippen LogP contribution in [0.2, 0.25) is 0 Å². The topological polar surface area (TPSA) is 85.0 Å². The second-order valence-corrected chi connectivity index (χ2v) is 1.58. The number of hydroxylamine groups is 1. The van der Waals surface area contributed by atoms with Crippen LogP contribution in [0.1, 0.15) is 6.92 Å². The van der Waals surface area contributed by atoms with Crippen LogP contribution < -0.4 is 5.84 Å². The first-order valence-electron chi connectivity index (χ1n) is 3.17. The molecule has 1 amide bonds. The van der Waals surface area contributed by atoms with Gasteiger partial charge in [-0.3, -0.25) is 4.84 Å². The van der Waals surface area contributed by atoms with E-state index in [2.05, 4.69) is 9.57 Å². The molecule has 0 fully saturated rings. The van der Waals surface area contributed by atoms with Crippen LogP contribution >= 0.6 is 0 Å². The normalized spacial score (nSPS) is 9.36. The second kappa shape index (κ2) is 5.90. The fourth-order valence-electron chi connectivity index (χ4n) is 0.379. The summed E-state index contributed by atoms with van der Waals surface area (Å²) in [5.74, 6) is 5.01. The van der Waals surface area contributed by atoms with E-state index in [1.165, 1.54) is 0 Å². The Morgan fingerprint density at radius 3 is 2.82 bits per heavy atom. The number of hydrogen-bond acceptors (Lipinski definition) is 5. The third-order valence-corrected chi connectivity index (χ3v) is 0.769. The third kappa shape index (κ3) is 4.54. The maximum absolute atomic E-state index is 10.6. The Morgan fingerprint density at radius 2 is 2.36 bits per heavy atom. The van der Waals surface area contributed by atoms with Gasteiger partial charge in [-0.1, -0.05) is 0 Å². The standard InChI is InChI=1S/C5H12N2O4/c1-2-10-5(9)7(6)11-4-3-8/h8H,2-4,6H2,1H3. The summed E-state index contributed by atoms with van der Waals surface area (Å²) in [6, 6.07) is 0. The molecule has 11 heavy (non-hydrogen) atoms. The van der Waals surface area contributed by atoms with E-state index >= 15 is 0 Å². The molecule has 6 nitrogen and oxygen atoms in total. The smallest absolute Gasteiger partial charge is 0.447 e. The number of carbonyl (C=O) groups is 1. The van der Waals surface area contributed by atoms with Crippen molar-refractivity contribution in [3.05, 3.63) is 0 Å². The molecule has 3 N–H and O–H groups in total. The fourth-order valence-corrected chi connectivity index (χ4v) is 0.379. The summed E-state index contributed by atoms with van der Waals surface area (Å²) in [5.41, 5.74) is 0. The largest absolute Gasteiger partial charge is 0.449 e. The van der Waals surface area contributed by atoms with Gasteiger partial charge in [-0.25, -0.2) is 10.6 Å². The fraction of sp³-hybridized carbons (Fsp3) is 0.800. The van der Waals surface area contributed by atoms with E-state index in [9.17, 15) is 4.79 Å². The number of hydrazine groups is 1. The highest BCUT2D eigenvalue weighted by atomic mass is 16.8. The van der Waals surface area contributed by atoms with Crippen molar-refractivity contribution in [3.8, 4) is 0 Å². The molecule has 0 aliphatic rings. The number of aliphatic hydroxyl groups excluding tert-OH is 1. The first-order valence-corrected chi connectivity index (χ1v) is 3.17. The maximum atomic E-state index is 10.6. The number of hydrogen-bond donors (Lipinski definition) is 2. The Morgan fingerprint density at radius 1 is 1.73 bits per heavy atom. The summed E-state index contributed by atoms with van der Waals surface area (Å²) in [4.78, 5) is 15.1. The highest BCUT2D eigenvalue weighted by Crippen LogP contribution is 1.87. The molecule has 0 aliphatic carbocycles. The number of nitrogens with zero attached hydrogens (tertiary/aromatic N) is 1. The number of amides is 1. The first kappa shape index (κ1) is 10.2. The van der Waals surface area contributed by atoms with Gasteiger partial charge in [0.05, 0.1) is 19.8 Å². The minimum atomic E-state index is -0.777. The summed E-state index contributed by atoms with van der Waals surface area (Å²) in [5, 5.41) is 8.71. The van der Waals surface area contributed by atoms with Crippen LogP contribution in [0.5, 0.6) is 0 Å². The van der Waals surface area contributed by atoms with Crippen molar-refractivity contribution in [2.45, 2.75) is 6.92 Å². The average Bonchev–Trinajstić information content (AvgIpc) is 2.00. The molecule has 6 heteroatoms. The molecular weight excluding hydrogens is 152 g/mol. The van der Waals surface area contributed by atoms with Crippen molar-refractivity contribution in [1.29, 1.82) is 0 Å². The van der Waals surface area contributed by atoms with E-state index in [4.69, 9.17) is 10.9 Å². The zero-order chi connectivity index (χ0) is 8.69. The molecule has 0 aliphatic heterocycles. The SMILES string of the molecule is CCOC(=O)N(N)OCCO. The van der Waals surface area contributed by atoms with Crippen molar-refractivity contribution in [2.75, 3.05) is 19.8 Å². The van der Waals surface area contributed by atoms with Gasteiger partial charge in [0.1, 0.15) is 0 Å². The molecular formula is C5H12N2O4. The molecule has 0 atom stereocenters. The monoisotopic (exact) mass is 164 g/mol. The van der Waals surface area contributed by atoms with Crippen molar-refractivity contribution in [3.63, 3.8) is 0 Å². The number of rotatable bonds is 4. The highest BCUT2D eigenvalue weighted by Gasteiger charge is 2.09. The summed E-state index contributed by atoms with van der Waals surface area (Å²) in [6.07, 6.45) is -0.777. The minimum Gasteiger partial charge on any atom is -0.447 e. The van der Waals surface area contributed by atoms with Crippen LogP contribution in [0, 0.1) is 0 Å². The van der Waals surface area contributed by atoms with E-state index < -0.39 is 6.09 Å². The van der Waals surface area contributed by atoms with Crippen molar-refractivity contribution in [1.82, 2.24) is 5.17 Å². The van der Waals surface area contributed by atoms with Gasteiger partial charge >= 0.3 is 6.09 Å². The molecule has 0 saturated carbocycles. The highest BCUT2D eigenvalue weighted by molar-refractivity contribution is 5.65. The predicted octanol–water partition coefficient (Wildman–Crippen LogP) is -0.758. The van der Waals surface area contributed by atoms with E-state index in [1.54, 1.807) is 6.92 Å². The minimum absolute atomic E-state index is 0.0324. The molecule has 0 rings (SSSR count). The number of nitrogens with two attached hydrogens (primary N) is 1. The zero-order valence-corrected chi connectivity index (χ0v) is 6.32. The van der Waals surface area contributed by atoms with Gasteiger partial charge in [0.25, 0.3) is 0 Å². The Hall–Kier alpha value is -0.850. The molecule has 0 saturated heterocycles. The van der Waals surface area contributed by atoms with E-state index in [-0.39, 0.29) is 19.8 Å². The van der Waals surface area contributed by atoms with Gasteiger partial charge in [-0.05, 0) is 6.92 Å². The molecule has 0 heterocycles. The molecule has 0 spiro atoms. The van der Waals surface area contributed by atoms with Gasteiger partial charge < -0.3 is 9.84 Å². The maximum Gasteiger partial charge on any atom is 0.449 e. The predicted molar refractivity (Wildman–Crippen MR) is 36.1 cm³/mol. The van der Waals surface area contributed by atoms with Crippen LogP contribution in [0.25, 0.3) is 0 Å². The van der Waals surface area contributed by atoms with Crippen molar-refractivity contribution >= 4 is 6.09 Å². The van der Waals surface area contributed by atoms with Gasteiger partial charge in [0.2, 0.25) is 0 Å². The van der Waals surface area contributed by atoms with Crippen LogP contribution in [0.15, 0.2) is 0 Å². The summed E-state index contributed by atoms with van der Waals surface area (Å²) < 4.78 is 4.46. The van der Waals surface area contributed by atoms with E-state index in [0.29, 0.717) is 5.17 Å². The molecule has 0 unspecified atom stereocenters. The van der Waals surface area contributed by atoms with Crippen LogP contribution in [0.3, 0.4) is 0 Å². The zero-order valence-electron chi connectivity index (χ0n) is 6.32. The van der Waals surface area contributed by atoms with Crippen molar-refractivity contribution < 1.29 is 19.5 Å². The van der Waals surface area contributed by atoms with E-state index in [1.807, 2.05) is 0 Å². The Bertz CT molecular complexity index is 119. The average molecular weight is 164 g/mol. The summed E-state index contributed by atoms with van der Waals surface area (Å²) in [6.45, 7) is 1.65. The van der Waals surface area contributed by atoms with Crippen LogP contribution in [-0.4, -0.2) is 36.2 Å². The Labute approximate surface area is 64.4 Å². The number of aliphatic hydroxyl groups is 1. The second-order valence-electron chi connectivity index (χ2n) is 1.58.